The first-order valence-electron chi connectivity index (χ1n) is 6.59. The van der Waals surface area contributed by atoms with Gasteiger partial charge in [0.1, 0.15) is 5.56 Å². The fourth-order valence-corrected chi connectivity index (χ4v) is 2.37. The molecule has 0 radical (unpaired) electrons. The minimum Gasteiger partial charge on any atom is -0.463 e. The number of hydrogen-bond acceptors (Lipinski definition) is 2. The van der Waals surface area contributed by atoms with Crippen molar-refractivity contribution < 1.29 is 27.9 Å². The second-order valence-corrected chi connectivity index (χ2v) is 6.23. The van der Waals surface area contributed by atoms with E-state index in [0.717, 1.165) is 12.1 Å². The number of rotatable bonds is 5. The minimum absolute atomic E-state index is 0.174. The molecule has 0 saturated heterocycles. The van der Waals surface area contributed by atoms with Crippen LogP contribution in [-0.2, 0) is 6.18 Å². The summed E-state index contributed by atoms with van der Waals surface area (Å²) in [6, 6.07) is 2.72. The van der Waals surface area contributed by atoms with E-state index in [-0.39, 0.29) is 10.4 Å². The highest BCUT2D eigenvalue weighted by Gasteiger charge is 2.36. The van der Waals surface area contributed by atoms with Crippen molar-refractivity contribution in [2.75, 3.05) is 0 Å². The van der Waals surface area contributed by atoms with Crippen molar-refractivity contribution in [1.29, 1.82) is 0 Å². The summed E-state index contributed by atoms with van der Waals surface area (Å²) in [4.78, 5) is 16.3. The number of carboxylic acid groups (broad SMARTS) is 1. The fourth-order valence-electron chi connectivity index (χ4n) is 2.00. The largest absolute Gasteiger partial charge is 0.463 e. The molecule has 0 bridgehead atoms. The summed E-state index contributed by atoms with van der Waals surface area (Å²) in [6.07, 6.45) is -5.63. The Morgan fingerprint density at radius 2 is 1.95 bits per heavy atom. The zero-order valence-electron chi connectivity index (χ0n) is 12.3. The van der Waals surface area contributed by atoms with E-state index in [2.05, 4.69) is 15.9 Å². The molecule has 0 saturated carbocycles. The molecule has 0 aliphatic heterocycles. The van der Waals surface area contributed by atoms with Crippen LogP contribution < -0.4 is 4.84 Å². The molecule has 0 spiro atoms. The zero-order valence-corrected chi connectivity index (χ0v) is 13.9. The van der Waals surface area contributed by atoms with Crippen molar-refractivity contribution in [3.05, 3.63) is 28.2 Å². The summed E-state index contributed by atoms with van der Waals surface area (Å²) in [5.41, 5.74) is -1.04. The van der Waals surface area contributed by atoms with Crippen molar-refractivity contribution in [3.8, 4) is 5.75 Å². The van der Waals surface area contributed by atoms with Gasteiger partial charge in [-0.25, -0.2) is 4.79 Å². The number of nitrogens with zero attached hydrogens (tertiary/aromatic N) is 1. The molecular weight excluding hydrogens is 367 g/mol. The van der Waals surface area contributed by atoms with Gasteiger partial charge in [0.05, 0.1) is 6.04 Å². The highest BCUT2D eigenvalue weighted by atomic mass is 79.9. The normalized spacial score (nSPS) is 13.1. The van der Waals surface area contributed by atoms with E-state index in [1.54, 1.807) is 6.92 Å². The van der Waals surface area contributed by atoms with E-state index in [1.165, 1.54) is 6.07 Å². The van der Waals surface area contributed by atoms with E-state index in [1.807, 2.05) is 13.8 Å². The molecule has 22 heavy (non-hydrogen) atoms. The molecule has 1 N–H and O–H groups in total. The van der Waals surface area contributed by atoms with E-state index in [0.29, 0.717) is 11.5 Å². The Balaban J connectivity index is 3.12. The second kappa shape index (κ2) is 7.21. The Labute approximate surface area is 134 Å². The first-order valence-corrected chi connectivity index (χ1v) is 7.38. The molecule has 1 aromatic carbocycles. The molecule has 1 unspecified atom stereocenters. The summed E-state index contributed by atoms with van der Waals surface area (Å²) in [6.45, 7) is 5.36. The predicted molar refractivity (Wildman–Crippen MR) is 78.6 cm³/mol. The van der Waals surface area contributed by atoms with Crippen LogP contribution in [0.5, 0.6) is 5.75 Å². The summed E-state index contributed by atoms with van der Waals surface area (Å²) in [5, 5.41) is 9.73. The topological polar surface area (TPSA) is 49.8 Å². The number of alkyl halides is 3. The van der Waals surface area contributed by atoms with Crippen LogP contribution >= 0.6 is 15.9 Å². The number of halogens is 4. The van der Waals surface area contributed by atoms with E-state index in [4.69, 9.17) is 4.84 Å². The summed E-state index contributed by atoms with van der Waals surface area (Å²) in [5.74, 6) is -0.374. The van der Waals surface area contributed by atoms with Gasteiger partial charge in [-0.05, 0) is 37.5 Å². The Hall–Kier alpha value is -1.44. The molecule has 1 aromatic rings. The van der Waals surface area contributed by atoms with E-state index < -0.39 is 29.6 Å². The predicted octanol–water partition coefficient (Wildman–Crippen LogP) is 5.18. The number of carbonyl (C=O) groups is 1. The molecule has 0 fully saturated rings. The standard InChI is InChI=1S/C14H17BrF3NO3/c1-8(2)6-9(3)19(13(20)21)22-12-5-4-10(15)7-11(12)14(16,17)18/h4-5,7-9H,6H2,1-3H3,(H,20,21). The highest BCUT2D eigenvalue weighted by Crippen LogP contribution is 2.38. The van der Waals surface area contributed by atoms with Gasteiger partial charge in [0, 0.05) is 4.47 Å². The number of hydroxylamine groups is 2. The molecule has 1 atom stereocenters. The maximum Gasteiger partial charge on any atom is 0.440 e. The summed E-state index contributed by atoms with van der Waals surface area (Å²) >= 11 is 2.96. The van der Waals surface area contributed by atoms with Gasteiger partial charge < -0.3 is 9.94 Å². The Kier molecular flexibility index (Phi) is 6.10. The lowest BCUT2D eigenvalue weighted by Crippen LogP contribution is -2.41. The van der Waals surface area contributed by atoms with Gasteiger partial charge in [0.25, 0.3) is 0 Å². The van der Waals surface area contributed by atoms with Crippen LogP contribution in [0.1, 0.15) is 32.8 Å². The lowest BCUT2D eigenvalue weighted by atomic mass is 10.1. The zero-order chi connectivity index (χ0) is 17.1. The molecule has 0 heterocycles. The third-order valence-electron chi connectivity index (χ3n) is 2.85. The molecule has 0 aliphatic rings. The van der Waals surface area contributed by atoms with Crippen molar-refractivity contribution in [1.82, 2.24) is 5.06 Å². The molecule has 8 heteroatoms. The van der Waals surface area contributed by atoms with Gasteiger partial charge in [0.15, 0.2) is 5.75 Å². The quantitative estimate of drug-likeness (QED) is 0.712. The van der Waals surface area contributed by atoms with Gasteiger partial charge in [-0.3, -0.25) is 0 Å². The Morgan fingerprint density at radius 1 is 1.36 bits per heavy atom. The lowest BCUT2D eigenvalue weighted by molar-refractivity contribution is -0.144. The van der Waals surface area contributed by atoms with Gasteiger partial charge in [0.2, 0.25) is 0 Å². The SMILES string of the molecule is CC(C)CC(C)N(Oc1ccc(Br)cc1C(F)(F)F)C(=O)O. The van der Waals surface area contributed by atoms with Crippen molar-refractivity contribution in [3.63, 3.8) is 0 Å². The molecule has 4 nitrogen and oxygen atoms in total. The van der Waals surface area contributed by atoms with Crippen LogP contribution in [0.15, 0.2) is 22.7 Å². The minimum atomic E-state index is -4.65. The maximum atomic E-state index is 13.0. The second-order valence-electron chi connectivity index (χ2n) is 5.32. The fraction of sp³-hybridized carbons (Fsp3) is 0.500. The molecular formula is C14H17BrF3NO3. The van der Waals surface area contributed by atoms with Crippen molar-refractivity contribution in [2.45, 2.75) is 39.4 Å². The Bertz CT molecular complexity index is 535. The molecule has 0 aromatic heterocycles. The maximum absolute atomic E-state index is 13.0. The number of hydrogen-bond donors (Lipinski definition) is 1. The molecule has 124 valence electrons. The van der Waals surface area contributed by atoms with Gasteiger partial charge in [-0.1, -0.05) is 29.8 Å². The highest BCUT2D eigenvalue weighted by molar-refractivity contribution is 9.10. The van der Waals surface area contributed by atoms with Crippen LogP contribution in [0.3, 0.4) is 0 Å². The number of amides is 1. The van der Waals surface area contributed by atoms with Crippen LogP contribution in [0, 0.1) is 5.92 Å². The summed E-state index contributed by atoms with van der Waals surface area (Å²) in [7, 11) is 0. The van der Waals surface area contributed by atoms with Crippen molar-refractivity contribution in [2.24, 2.45) is 5.92 Å². The first kappa shape index (κ1) is 18.6. The van der Waals surface area contributed by atoms with Crippen molar-refractivity contribution >= 4 is 22.0 Å². The van der Waals surface area contributed by atoms with Gasteiger partial charge in [-0.15, -0.1) is 5.06 Å². The summed E-state index contributed by atoms with van der Waals surface area (Å²) < 4.78 is 39.3. The number of benzene rings is 1. The van der Waals surface area contributed by atoms with Crippen LogP contribution in [0.25, 0.3) is 0 Å². The molecule has 1 amide bonds. The average molecular weight is 384 g/mol. The monoisotopic (exact) mass is 383 g/mol. The third kappa shape index (κ3) is 5.08. The average Bonchev–Trinajstić information content (AvgIpc) is 2.34. The smallest absolute Gasteiger partial charge is 0.440 e. The Morgan fingerprint density at radius 3 is 2.41 bits per heavy atom. The molecule has 1 rings (SSSR count). The lowest BCUT2D eigenvalue weighted by Gasteiger charge is -2.28. The van der Waals surface area contributed by atoms with E-state index >= 15 is 0 Å². The van der Waals surface area contributed by atoms with Crippen LogP contribution in [-0.4, -0.2) is 22.3 Å². The van der Waals surface area contributed by atoms with Crippen LogP contribution in [0.4, 0.5) is 18.0 Å². The third-order valence-corrected chi connectivity index (χ3v) is 3.34. The van der Waals surface area contributed by atoms with Crippen LogP contribution in [0.2, 0.25) is 0 Å². The van der Waals surface area contributed by atoms with Gasteiger partial charge >= 0.3 is 12.3 Å². The molecule has 0 aliphatic carbocycles. The van der Waals surface area contributed by atoms with Gasteiger partial charge in [-0.2, -0.15) is 13.2 Å². The van der Waals surface area contributed by atoms with E-state index in [9.17, 15) is 23.1 Å². The first-order chi connectivity index (χ1) is 10.0.